The average molecular weight is 362 g/mol. The van der Waals surface area contributed by atoms with Crippen LogP contribution in [0.3, 0.4) is 0 Å². The van der Waals surface area contributed by atoms with Gasteiger partial charge in [0.25, 0.3) is 5.69 Å². The molecule has 142 valence electrons. The maximum absolute atomic E-state index is 10.6. The van der Waals surface area contributed by atoms with Crippen molar-refractivity contribution in [2.45, 2.75) is 0 Å². The van der Waals surface area contributed by atoms with E-state index in [9.17, 15) is 10.1 Å². The summed E-state index contributed by atoms with van der Waals surface area (Å²) in [5, 5.41) is 10.6. The van der Waals surface area contributed by atoms with Gasteiger partial charge in [0, 0.05) is 69.5 Å². The van der Waals surface area contributed by atoms with E-state index in [4.69, 9.17) is 15.2 Å². The maximum atomic E-state index is 10.6. The summed E-state index contributed by atoms with van der Waals surface area (Å²) in [4.78, 5) is 13.9. The topological polar surface area (TPSA) is 94.1 Å². The number of nitrogens with two attached hydrogens (primary N) is 1. The van der Waals surface area contributed by atoms with Crippen molar-refractivity contribution in [2.75, 3.05) is 57.9 Å². The number of anilines is 3. The molecule has 0 unspecified atom stereocenters. The number of nitrogen functional groups attached to an aromatic ring is 1. The van der Waals surface area contributed by atoms with Crippen LogP contribution in [0.2, 0.25) is 0 Å². The first-order valence-electron chi connectivity index (χ1n) is 7.80. The monoisotopic (exact) mass is 362 g/mol. The van der Waals surface area contributed by atoms with Gasteiger partial charge in [-0.05, 0) is 6.07 Å². The van der Waals surface area contributed by atoms with Gasteiger partial charge in [0.15, 0.2) is 0 Å². The van der Waals surface area contributed by atoms with Gasteiger partial charge in [-0.15, -0.1) is 0 Å². The van der Waals surface area contributed by atoms with Crippen molar-refractivity contribution in [3.63, 3.8) is 0 Å². The van der Waals surface area contributed by atoms with E-state index in [-0.39, 0.29) is 5.69 Å². The summed E-state index contributed by atoms with van der Waals surface area (Å²) in [6.07, 6.45) is 0. The number of nitro groups is 1. The highest BCUT2D eigenvalue weighted by atomic mass is 16.6. The Morgan fingerprint density at radius 3 is 1.73 bits per heavy atom. The highest BCUT2D eigenvalue weighted by Gasteiger charge is 2.10. The minimum absolute atomic E-state index is 0.0352. The molecular weight excluding hydrogens is 336 g/mol. The standard InChI is InChI=1S/C9H12N2O3.C9H14N2O/c1-10(2)7-4-8(11(12)13)6-9(5-7)14-3;1-11(2)8-4-7(10)5-9(6-8)12-3/h4-6H,1-3H3;4-6H,10H2,1-3H3. The van der Waals surface area contributed by atoms with Crippen LogP contribution in [0.25, 0.3) is 0 Å². The molecule has 0 bridgehead atoms. The Balaban J connectivity index is 0.000000263. The highest BCUT2D eigenvalue weighted by molar-refractivity contribution is 5.60. The molecule has 0 saturated heterocycles. The number of hydrogen-bond acceptors (Lipinski definition) is 7. The lowest BCUT2D eigenvalue weighted by atomic mass is 10.2. The Morgan fingerprint density at radius 2 is 1.31 bits per heavy atom. The lowest BCUT2D eigenvalue weighted by molar-refractivity contribution is -0.384. The molecular formula is C18H26N4O4. The van der Waals surface area contributed by atoms with E-state index in [1.807, 2.05) is 45.2 Å². The molecule has 0 saturated carbocycles. The number of methoxy groups -OCH3 is 2. The number of ether oxygens (including phenoxy) is 2. The largest absolute Gasteiger partial charge is 0.497 e. The molecule has 0 amide bonds. The SMILES string of the molecule is COc1cc(N(C)C)cc([N+](=O)[O-])c1.COc1cc(N)cc(N(C)C)c1. The molecule has 0 aliphatic rings. The summed E-state index contributed by atoms with van der Waals surface area (Å²) in [5.74, 6) is 1.28. The molecule has 0 fully saturated rings. The molecule has 0 spiro atoms. The van der Waals surface area contributed by atoms with Crippen LogP contribution in [0.1, 0.15) is 0 Å². The fourth-order valence-electron chi connectivity index (χ4n) is 2.03. The Hall–Kier alpha value is -3.16. The van der Waals surface area contributed by atoms with Gasteiger partial charge in [-0.2, -0.15) is 0 Å². The van der Waals surface area contributed by atoms with E-state index in [1.54, 1.807) is 24.1 Å². The number of nitrogens with zero attached hydrogens (tertiary/aromatic N) is 3. The molecule has 2 N–H and O–H groups in total. The van der Waals surface area contributed by atoms with Crippen molar-refractivity contribution in [1.82, 2.24) is 0 Å². The third-order valence-electron chi connectivity index (χ3n) is 3.50. The average Bonchev–Trinajstić information content (AvgIpc) is 2.60. The van der Waals surface area contributed by atoms with Crippen LogP contribution in [0.15, 0.2) is 36.4 Å². The van der Waals surface area contributed by atoms with Crippen molar-refractivity contribution in [1.29, 1.82) is 0 Å². The highest BCUT2D eigenvalue weighted by Crippen LogP contribution is 2.27. The van der Waals surface area contributed by atoms with Crippen molar-refractivity contribution in [3.05, 3.63) is 46.5 Å². The predicted molar refractivity (Wildman–Crippen MR) is 106 cm³/mol. The molecule has 8 nitrogen and oxygen atoms in total. The zero-order chi connectivity index (χ0) is 19.9. The maximum Gasteiger partial charge on any atom is 0.275 e. The molecule has 2 aromatic carbocycles. The predicted octanol–water partition coefficient (Wildman–Crippen LogP) is 3.01. The van der Waals surface area contributed by atoms with E-state index in [2.05, 4.69) is 0 Å². The van der Waals surface area contributed by atoms with Crippen LogP contribution < -0.4 is 25.0 Å². The molecule has 0 aromatic heterocycles. The summed E-state index contributed by atoms with van der Waals surface area (Å²) in [6.45, 7) is 0. The molecule has 0 atom stereocenters. The fourth-order valence-corrected chi connectivity index (χ4v) is 2.03. The third-order valence-corrected chi connectivity index (χ3v) is 3.50. The molecule has 8 heteroatoms. The fraction of sp³-hybridized carbons (Fsp3) is 0.333. The van der Waals surface area contributed by atoms with Crippen molar-refractivity contribution >= 4 is 22.7 Å². The van der Waals surface area contributed by atoms with Crippen LogP contribution in [-0.2, 0) is 0 Å². The van der Waals surface area contributed by atoms with Crippen LogP contribution in [0.4, 0.5) is 22.7 Å². The first kappa shape index (κ1) is 20.9. The van der Waals surface area contributed by atoms with Gasteiger partial charge < -0.3 is 25.0 Å². The second-order valence-corrected chi connectivity index (χ2v) is 5.90. The van der Waals surface area contributed by atoms with Crippen molar-refractivity contribution < 1.29 is 14.4 Å². The van der Waals surface area contributed by atoms with Gasteiger partial charge in [0.1, 0.15) is 11.5 Å². The Labute approximate surface area is 153 Å². The number of rotatable bonds is 5. The van der Waals surface area contributed by atoms with E-state index >= 15 is 0 Å². The molecule has 2 aromatic rings. The van der Waals surface area contributed by atoms with Gasteiger partial charge in [0.2, 0.25) is 0 Å². The van der Waals surface area contributed by atoms with E-state index in [0.29, 0.717) is 5.75 Å². The second kappa shape index (κ2) is 9.36. The Bertz CT molecular complexity index is 748. The second-order valence-electron chi connectivity index (χ2n) is 5.90. The smallest absolute Gasteiger partial charge is 0.275 e. The zero-order valence-corrected chi connectivity index (χ0v) is 16.0. The summed E-state index contributed by atoms with van der Waals surface area (Å²) in [5.41, 5.74) is 8.22. The summed E-state index contributed by atoms with van der Waals surface area (Å²) in [6, 6.07) is 10.3. The van der Waals surface area contributed by atoms with Gasteiger partial charge >= 0.3 is 0 Å². The number of non-ortho nitro benzene ring substituents is 1. The normalized spacial score (nSPS) is 9.62. The van der Waals surface area contributed by atoms with Gasteiger partial charge in [0.05, 0.1) is 25.2 Å². The number of nitro benzene ring substituents is 1. The van der Waals surface area contributed by atoms with E-state index < -0.39 is 4.92 Å². The van der Waals surface area contributed by atoms with E-state index in [1.165, 1.54) is 19.2 Å². The first-order valence-corrected chi connectivity index (χ1v) is 7.80. The number of benzene rings is 2. The summed E-state index contributed by atoms with van der Waals surface area (Å²) < 4.78 is 10.0. The van der Waals surface area contributed by atoms with Crippen LogP contribution in [0.5, 0.6) is 11.5 Å². The lowest BCUT2D eigenvalue weighted by Gasteiger charge is -2.14. The van der Waals surface area contributed by atoms with Crippen molar-refractivity contribution in [3.8, 4) is 11.5 Å². The Morgan fingerprint density at radius 1 is 0.846 bits per heavy atom. The van der Waals surface area contributed by atoms with Gasteiger partial charge in [-0.25, -0.2) is 0 Å². The number of hydrogen-bond donors (Lipinski definition) is 1. The minimum Gasteiger partial charge on any atom is -0.497 e. The summed E-state index contributed by atoms with van der Waals surface area (Å²) >= 11 is 0. The molecule has 0 heterocycles. The quantitative estimate of drug-likeness (QED) is 0.496. The van der Waals surface area contributed by atoms with E-state index in [0.717, 1.165) is 22.8 Å². The van der Waals surface area contributed by atoms with Crippen molar-refractivity contribution in [2.24, 2.45) is 0 Å². The zero-order valence-electron chi connectivity index (χ0n) is 16.0. The molecule has 0 aliphatic carbocycles. The van der Waals surface area contributed by atoms with Crippen LogP contribution >= 0.6 is 0 Å². The molecule has 0 radical (unpaired) electrons. The van der Waals surface area contributed by atoms with Crippen LogP contribution in [-0.4, -0.2) is 47.3 Å². The van der Waals surface area contributed by atoms with Gasteiger partial charge in [-0.1, -0.05) is 0 Å². The molecule has 26 heavy (non-hydrogen) atoms. The third kappa shape index (κ3) is 6.04. The molecule has 0 aliphatic heterocycles. The lowest BCUT2D eigenvalue weighted by Crippen LogP contribution is -2.09. The molecule has 2 rings (SSSR count). The summed E-state index contributed by atoms with van der Waals surface area (Å²) in [7, 11) is 10.7. The minimum atomic E-state index is -0.435. The Kier molecular flexibility index (Phi) is 7.52. The van der Waals surface area contributed by atoms with Crippen LogP contribution in [0, 0.1) is 10.1 Å². The van der Waals surface area contributed by atoms with Gasteiger partial charge in [-0.3, -0.25) is 10.1 Å². The first-order chi connectivity index (χ1) is 12.2.